The van der Waals surface area contributed by atoms with E-state index in [-0.39, 0.29) is 5.91 Å². The molecule has 0 radical (unpaired) electrons. The summed E-state index contributed by atoms with van der Waals surface area (Å²) in [5.41, 5.74) is 0.347. The summed E-state index contributed by atoms with van der Waals surface area (Å²) in [5, 5.41) is 1.09. The Balaban J connectivity index is 1.69. The molecule has 1 spiro atoms. The molecule has 2 fully saturated rings. The van der Waals surface area contributed by atoms with Gasteiger partial charge in [-0.2, -0.15) is 0 Å². The van der Waals surface area contributed by atoms with Crippen molar-refractivity contribution in [3.8, 4) is 0 Å². The van der Waals surface area contributed by atoms with Gasteiger partial charge in [-0.3, -0.25) is 4.79 Å². The molecule has 1 aromatic rings. The summed E-state index contributed by atoms with van der Waals surface area (Å²) < 4.78 is 0. The number of carbonyl (C=O) groups is 1. The maximum atomic E-state index is 12.7. The van der Waals surface area contributed by atoms with Crippen molar-refractivity contribution in [3.63, 3.8) is 0 Å². The zero-order valence-corrected chi connectivity index (χ0v) is 13.9. The van der Waals surface area contributed by atoms with Crippen molar-refractivity contribution in [2.75, 3.05) is 33.2 Å². The summed E-state index contributed by atoms with van der Waals surface area (Å²) >= 11 is 1.58. The Morgan fingerprint density at radius 2 is 2.24 bits per heavy atom. The molecule has 0 aliphatic carbocycles. The van der Waals surface area contributed by atoms with Crippen LogP contribution in [0.15, 0.2) is 6.20 Å². The van der Waals surface area contributed by atoms with E-state index in [9.17, 15) is 4.79 Å². The Morgan fingerprint density at radius 3 is 2.95 bits per heavy atom. The molecule has 5 heteroatoms. The lowest BCUT2D eigenvalue weighted by molar-refractivity contribution is 0.0539. The molecule has 2 aliphatic heterocycles. The van der Waals surface area contributed by atoms with E-state index in [1.54, 1.807) is 17.5 Å². The van der Waals surface area contributed by atoms with Crippen LogP contribution in [0.2, 0.25) is 0 Å². The van der Waals surface area contributed by atoms with Crippen LogP contribution in [-0.4, -0.2) is 53.9 Å². The van der Waals surface area contributed by atoms with E-state index in [2.05, 4.69) is 28.8 Å². The van der Waals surface area contributed by atoms with E-state index in [0.717, 1.165) is 48.8 Å². The number of thiazole rings is 1. The standard InChI is InChI=1S/C16H25N3OS/c1-3-5-14-17-10-13(21-14)15(20)19-8-4-6-16(12-19)7-9-18(2)11-16/h10H,3-9,11-12H2,1-2H3. The van der Waals surface area contributed by atoms with Crippen LogP contribution in [-0.2, 0) is 6.42 Å². The highest BCUT2D eigenvalue weighted by atomic mass is 32.1. The first kappa shape index (κ1) is 15.0. The molecular formula is C16H25N3OS. The highest BCUT2D eigenvalue weighted by molar-refractivity contribution is 7.13. The first-order valence-electron chi connectivity index (χ1n) is 8.04. The van der Waals surface area contributed by atoms with Gasteiger partial charge in [-0.15, -0.1) is 11.3 Å². The second-order valence-corrected chi connectivity index (χ2v) is 7.80. The fourth-order valence-electron chi connectivity index (χ4n) is 3.77. The van der Waals surface area contributed by atoms with Crippen molar-refractivity contribution in [1.82, 2.24) is 14.8 Å². The minimum atomic E-state index is 0.198. The lowest BCUT2D eigenvalue weighted by atomic mass is 9.79. The van der Waals surface area contributed by atoms with Gasteiger partial charge in [0.1, 0.15) is 4.88 Å². The largest absolute Gasteiger partial charge is 0.337 e. The van der Waals surface area contributed by atoms with Crippen molar-refractivity contribution < 1.29 is 4.79 Å². The van der Waals surface area contributed by atoms with Crippen LogP contribution in [0.25, 0.3) is 0 Å². The van der Waals surface area contributed by atoms with E-state index in [1.807, 2.05) is 0 Å². The average molecular weight is 307 g/mol. The quantitative estimate of drug-likeness (QED) is 0.861. The van der Waals surface area contributed by atoms with E-state index in [1.165, 1.54) is 19.4 Å². The molecule has 1 aromatic heterocycles. The number of rotatable bonds is 3. The van der Waals surface area contributed by atoms with Crippen molar-refractivity contribution >= 4 is 17.2 Å². The number of nitrogens with zero attached hydrogens (tertiary/aromatic N) is 3. The number of carbonyl (C=O) groups excluding carboxylic acids is 1. The Bertz CT molecular complexity index is 511. The van der Waals surface area contributed by atoms with Crippen molar-refractivity contribution in [2.24, 2.45) is 5.41 Å². The van der Waals surface area contributed by atoms with Gasteiger partial charge in [-0.05, 0) is 45.7 Å². The average Bonchev–Trinajstić information content (AvgIpc) is 3.06. The van der Waals surface area contributed by atoms with Crippen molar-refractivity contribution in [1.29, 1.82) is 0 Å². The summed E-state index contributed by atoms with van der Waals surface area (Å²) in [4.78, 5) is 22.4. The minimum absolute atomic E-state index is 0.198. The highest BCUT2D eigenvalue weighted by Gasteiger charge is 2.41. The molecule has 0 aromatic carbocycles. The van der Waals surface area contributed by atoms with Gasteiger partial charge in [0.2, 0.25) is 0 Å². The van der Waals surface area contributed by atoms with Crippen LogP contribution in [0.1, 0.15) is 47.3 Å². The maximum Gasteiger partial charge on any atom is 0.265 e. The van der Waals surface area contributed by atoms with Gasteiger partial charge in [-0.1, -0.05) is 6.92 Å². The van der Waals surface area contributed by atoms with E-state index in [0.29, 0.717) is 5.41 Å². The predicted molar refractivity (Wildman–Crippen MR) is 85.8 cm³/mol. The number of amides is 1. The topological polar surface area (TPSA) is 36.4 Å². The van der Waals surface area contributed by atoms with Gasteiger partial charge >= 0.3 is 0 Å². The third-order valence-corrected chi connectivity index (χ3v) is 5.85. The Morgan fingerprint density at radius 1 is 1.38 bits per heavy atom. The lowest BCUT2D eigenvalue weighted by Gasteiger charge is -2.40. The minimum Gasteiger partial charge on any atom is -0.337 e. The monoisotopic (exact) mass is 307 g/mol. The Labute approximate surface area is 131 Å². The first-order chi connectivity index (χ1) is 10.1. The second-order valence-electron chi connectivity index (χ2n) is 6.69. The molecule has 3 heterocycles. The van der Waals surface area contributed by atoms with Gasteiger partial charge in [0.15, 0.2) is 0 Å². The smallest absolute Gasteiger partial charge is 0.265 e. The van der Waals surface area contributed by atoms with Crippen molar-refractivity contribution in [2.45, 2.75) is 39.0 Å². The maximum absolute atomic E-state index is 12.7. The number of piperidine rings is 1. The molecule has 2 aliphatic rings. The van der Waals surface area contributed by atoms with Gasteiger partial charge in [0, 0.05) is 25.0 Å². The van der Waals surface area contributed by atoms with Crippen LogP contribution in [0.4, 0.5) is 0 Å². The molecule has 2 saturated heterocycles. The molecular weight excluding hydrogens is 282 g/mol. The molecule has 1 unspecified atom stereocenters. The molecule has 0 saturated carbocycles. The zero-order valence-electron chi connectivity index (χ0n) is 13.1. The molecule has 1 amide bonds. The summed E-state index contributed by atoms with van der Waals surface area (Å²) in [7, 11) is 2.19. The summed E-state index contributed by atoms with van der Waals surface area (Å²) in [6.07, 6.45) is 7.48. The van der Waals surface area contributed by atoms with Gasteiger partial charge in [0.05, 0.1) is 11.2 Å². The molecule has 3 rings (SSSR count). The lowest BCUT2D eigenvalue weighted by Crippen LogP contribution is -2.47. The van der Waals surface area contributed by atoms with Gasteiger partial charge in [0.25, 0.3) is 5.91 Å². The SMILES string of the molecule is CCCc1ncc(C(=O)N2CCCC3(CCN(C)C3)C2)s1. The van der Waals surface area contributed by atoms with Gasteiger partial charge < -0.3 is 9.80 Å². The first-order valence-corrected chi connectivity index (χ1v) is 8.86. The number of aryl methyl sites for hydroxylation is 1. The van der Waals surface area contributed by atoms with E-state index < -0.39 is 0 Å². The fourth-order valence-corrected chi connectivity index (χ4v) is 4.75. The van der Waals surface area contributed by atoms with Crippen LogP contribution in [0, 0.1) is 5.41 Å². The zero-order chi connectivity index (χ0) is 14.9. The summed E-state index contributed by atoms with van der Waals surface area (Å²) in [6.45, 7) is 6.29. The molecule has 21 heavy (non-hydrogen) atoms. The van der Waals surface area contributed by atoms with E-state index >= 15 is 0 Å². The second kappa shape index (κ2) is 6.05. The molecule has 116 valence electrons. The molecule has 0 bridgehead atoms. The number of hydrogen-bond donors (Lipinski definition) is 0. The van der Waals surface area contributed by atoms with Crippen LogP contribution >= 0.6 is 11.3 Å². The van der Waals surface area contributed by atoms with Crippen LogP contribution in [0.3, 0.4) is 0 Å². The van der Waals surface area contributed by atoms with Gasteiger partial charge in [-0.25, -0.2) is 4.98 Å². The third kappa shape index (κ3) is 3.14. The Hall–Kier alpha value is -0.940. The van der Waals surface area contributed by atoms with Crippen LogP contribution in [0.5, 0.6) is 0 Å². The number of hydrogen-bond acceptors (Lipinski definition) is 4. The number of likely N-dealkylation sites (tertiary alicyclic amines) is 2. The molecule has 4 nitrogen and oxygen atoms in total. The molecule has 1 atom stereocenters. The summed E-state index contributed by atoms with van der Waals surface area (Å²) in [6, 6.07) is 0. The Kier molecular flexibility index (Phi) is 4.31. The van der Waals surface area contributed by atoms with Crippen molar-refractivity contribution in [3.05, 3.63) is 16.1 Å². The number of aromatic nitrogens is 1. The fraction of sp³-hybridized carbons (Fsp3) is 0.750. The van der Waals surface area contributed by atoms with Crippen LogP contribution < -0.4 is 0 Å². The predicted octanol–water partition coefficient (Wildman–Crippen LogP) is 2.65. The third-order valence-electron chi connectivity index (χ3n) is 4.81. The normalized spacial score (nSPS) is 26.7. The van der Waals surface area contributed by atoms with E-state index in [4.69, 9.17) is 0 Å². The molecule has 0 N–H and O–H groups in total. The highest BCUT2D eigenvalue weighted by Crippen LogP contribution is 2.38. The summed E-state index contributed by atoms with van der Waals surface area (Å²) in [5.74, 6) is 0.198.